The first-order valence-electron chi connectivity index (χ1n) is 5.69. The van der Waals surface area contributed by atoms with E-state index in [0.29, 0.717) is 16.7 Å². The van der Waals surface area contributed by atoms with E-state index in [1.165, 1.54) is 4.68 Å². The number of anilines is 1. The van der Waals surface area contributed by atoms with E-state index in [1.807, 2.05) is 0 Å². The van der Waals surface area contributed by atoms with Gasteiger partial charge < -0.3 is 5.73 Å². The van der Waals surface area contributed by atoms with Gasteiger partial charge in [-0.25, -0.2) is 0 Å². The average Bonchev–Trinajstić information content (AvgIpc) is 2.57. The number of hydrogen-bond acceptors (Lipinski definition) is 4. The number of halogens is 1. The van der Waals surface area contributed by atoms with Crippen LogP contribution in [0.2, 0.25) is 5.02 Å². The van der Waals surface area contributed by atoms with Gasteiger partial charge in [-0.15, -0.1) is 5.10 Å². The van der Waals surface area contributed by atoms with Gasteiger partial charge in [0, 0.05) is 6.20 Å². The second-order valence-electron chi connectivity index (χ2n) is 5.38. The number of hydrogen-bond donors (Lipinski definition) is 1. The van der Waals surface area contributed by atoms with Crippen LogP contribution in [0.3, 0.4) is 0 Å². The minimum atomic E-state index is 0.0949. The Balaban J connectivity index is 2.43. The Hall–Kier alpha value is -1.62. The third-order valence-electron chi connectivity index (χ3n) is 2.40. The van der Waals surface area contributed by atoms with Gasteiger partial charge >= 0.3 is 0 Å². The summed E-state index contributed by atoms with van der Waals surface area (Å²) in [4.78, 5) is 0. The molecule has 2 aromatic heterocycles. The zero-order chi connectivity index (χ0) is 13.3. The lowest BCUT2D eigenvalue weighted by molar-refractivity contribution is 0.405. The van der Waals surface area contributed by atoms with Gasteiger partial charge in [0.25, 0.3) is 0 Å². The van der Waals surface area contributed by atoms with Crippen molar-refractivity contribution in [2.24, 2.45) is 5.41 Å². The van der Waals surface area contributed by atoms with Gasteiger partial charge in [0.05, 0.1) is 5.69 Å². The van der Waals surface area contributed by atoms with Crippen molar-refractivity contribution in [2.75, 3.05) is 5.73 Å². The van der Waals surface area contributed by atoms with Crippen molar-refractivity contribution < 1.29 is 0 Å². The Kier molecular flexibility index (Phi) is 3.26. The van der Waals surface area contributed by atoms with Gasteiger partial charge in [-0.05, 0) is 24.0 Å². The zero-order valence-electron chi connectivity index (χ0n) is 10.7. The molecule has 2 rings (SSSR count). The first kappa shape index (κ1) is 12.8. The molecule has 18 heavy (non-hydrogen) atoms. The van der Waals surface area contributed by atoms with Crippen LogP contribution < -0.4 is 5.73 Å². The van der Waals surface area contributed by atoms with Gasteiger partial charge in [-0.2, -0.15) is 14.9 Å². The van der Waals surface area contributed by atoms with Gasteiger partial charge in [0.1, 0.15) is 10.8 Å². The first-order chi connectivity index (χ1) is 8.38. The van der Waals surface area contributed by atoms with E-state index in [2.05, 4.69) is 36.1 Å². The molecule has 0 fully saturated rings. The van der Waals surface area contributed by atoms with Crippen LogP contribution in [0.1, 0.15) is 26.5 Å². The Morgan fingerprint density at radius 3 is 2.67 bits per heavy atom. The molecule has 0 saturated carbocycles. The molecule has 96 valence electrons. The predicted molar refractivity (Wildman–Crippen MR) is 71.7 cm³/mol. The summed E-state index contributed by atoms with van der Waals surface area (Å²) in [6, 6.07) is 3.56. The van der Waals surface area contributed by atoms with Crippen LogP contribution in [0, 0.1) is 5.41 Å². The lowest BCUT2D eigenvalue weighted by Crippen LogP contribution is -2.10. The molecule has 0 spiro atoms. The quantitative estimate of drug-likeness (QED) is 0.906. The van der Waals surface area contributed by atoms with Crippen LogP contribution in [0.4, 0.5) is 5.82 Å². The van der Waals surface area contributed by atoms with E-state index in [-0.39, 0.29) is 5.41 Å². The molecule has 0 radical (unpaired) electrons. The fourth-order valence-corrected chi connectivity index (χ4v) is 1.84. The van der Waals surface area contributed by atoms with Crippen molar-refractivity contribution in [2.45, 2.75) is 27.2 Å². The van der Waals surface area contributed by atoms with Crippen LogP contribution in [-0.2, 0) is 6.42 Å². The summed E-state index contributed by atoms with van der Waals surface area (Å²) < 4.78 is 1.52. The molecular formula is C12H16ClN5. The van der Waals surface area contributed by atoms with Crippen molar-refractivity contribution in [3.8, 4) is 5.82 Å². The Morgan fingerprint density at radius 1 is 1.39 bits per heavy atom. The number of nitrogens with two attached hydrogens (primary N) is 1. The molecule has 0 amide bonds. The second-order valence-corrected chi connectivity index (χ2v) is 5.75. The summed E-state index contributed by atoms with van der Waals surface area (Å²) >= 11 is 6.21. The second kappa shape index (κ2) is 4.57. The highest BCUT2D eigenvalue weighted by Crippen LogP contribution is 2.30. The minimum absolute atomic E-state index is 0.0949. The SMILES string of the molecule is CC(C)(C)Cc1nn(-c2cccnn2)c(N)c1Cl. The molecular weight excluding hydrogens is 250 g/mol. The maximum Gasteiger partial charge on any atom is 0.178 e. The fourth-order valence-electron chi connectivity index (χ4n) is 1.66. The molecule has 0 bridgehead atoms. The van der Waals surface area contributed by atoms with E-state index < -0.39 is 0 Å². The standard InChI is InChI=1S/C12H16ClN5/c1-12(2,3)7-8-10(13)11(14)18(17-8)9-5-4-6-15-16-9/h4-6H,7,14H2,1-3H3. The van der Waals surface area contributed by atoms with E-state index in [9.17, 15) is 0 Å². The minimum Gasteiger partial charge on any atom is -0.382 e. The van der Waals surface area contributed by atoms with Crippen LogP contribution in [0.5, 0.6) is 0 Å². The molecule has 0 aliphatic carbocycles. The monoisotopic (exact) mass is 265 g/mol. The molecule has 0 aliphatic heterocycles. The summed E-state index contributed by atoms with van der Waals surface area (Å²) in [5.41, 5.74) is 6.83. The molecule has 2 N–H and O–H groups in total. The maximum absolute atomic E-state index is 6.21. The Labute approximate surface area is 111 Å². The Bertz CT molecular complexity index is 542. The molecule has 2 aromatic rings. The van der Waals surface area contributed by atoms with E-state index in [0.717, 1.165) is 12.1 Å². The number of nitrogen functional groups attached to an aromatic ring is 1. The topological polar surface area (TPSA) is 69.6 Å². The van der Waals surface area contributed by atoms with Crippen LogP contribution in [-0.4, -0.2) is 20.0 Å². The summed E-state index contributed by atoms with van der Waals surface area (Å²) in [5.74, 6) is 0.966. The normalized spacial score (nSPS) is 11.8. The third-order valence-corrected chi connectivity index (χ3v) is 2.81. The van der Waals surface area contributed by atoms with Gasteiger partial charge in [0.2, 0.25) is 0 Å². The summed E-state index contributed by atoms with van der Waals surface area (Å²) in [6.07, 6.45) is 2.35. The van der Waals surface area contributed by atoms with Gasteiger partial charge in [0.15, 0.2) is 5.82 Å². The van der Waals surface area contributed by atoms with E-state index >= 15 is 0 Å². The van der Waals surface area contributed by atoms with Gasteiger partial charge in [-0.3, -0.25) is 0 Å². The highest BCUT2D eigenvalue weighted by Gasteiger charge is 2.20. The lowest BCUT2D eigenvalue weighted by atomic mass is 9.91. The van der Waals surface area contributed by atoms with Crippen molar-refractivity contribution in [1.29, 1.82) is 0 Å². The number of nitrogens with zero attached hydrogens (tertiary/aromatic N) is 4. The van der Waals surface area contributed by atoms with Crippen LogP contribution >= 0.6 is 11.6 Å². The molecule has 0 saturated heterocycles. The fraction of sp³-hybridized carbons (Fsp3) is 0.417. The highest BCUT2D eigenvalue weighted by atomic mass is 35.5. The molecule has 0 atom stereocenters. The third kappa shape index (κ3) is 2.61. The number of aromatic nitrogens is 4. The Morgan fingerprint density at radius 2 is 2.11 bits per heavy atom. The maximum atomic E-state index is 6.21. The van der Waals surface area contributed by atoms with Crippen molar-refractivity contribution >= 4 is 17.4 Å². The number of rotatable bonds is 2. The van der Waals surface area contributed by atoms with Gasteiger partial charge in [-0.1, -0.05) is 32.4 Å². The van der Waals surface area contributed by atoms with Crippen molar-refractivity contribution in [3.05, 3.63) is 29.0 Å². The summed E-state index contributed by atoms with van der Waals surface area (Å²) in [7, 11) is 0. The van der Waals surface area contributed by atoms with Crippen molar-refractivity contribution in [1.82, 2.24) is 20.0 Å². The average molecular weight is 266 g/mol. The largest absolute Gasteiger partial charge is 0.382 e. The molecule has 5 nitrogen and oxygen atoms in total. The highest BCUT2D eigenvalue weighted by molar-refractivity contribution is 6.33. The summed E-state index contributed by atoms with van der Waals surface area (Å²) in [5, 5.41) is 12.7. The molecule has 6 heteroatoms. The van der Waals surface area contributed by atoms with E-state index in [1.54, 1.807) is 18.3 Å². The predicted octanol–water partition coefficient (Wildman–Crippen LogP) is 2.49. The zero-order valence-corrected chi connectivity index (χ0v) is 11.4. The summed E-state index contributed by atoms with van der Waals surface area (Å²) in [6.45, 7) is 6.38. The first-order valence-corrected chi connectivity index (χ1v) is 6.07. The smallest absolute Gasteiger partial charge is 0.178 e. The van der Waals surface area contributed by atoms with Crippen LogP contribution in [0.15, 0.2) is 18.3 Å². The van der Waals surface area contributed by atoms with Crippen molar-refractivity contribution in [3.63, 3.8) is 0 Å². The lowest BCUT2D eigenvalue weighted by Gasteiger charge is -2.16. The van der Waals surface area contributed by atoms with Crippen LogP contribution in [0.25, 0.3) is 5.82 Å². The molecule has 0 aromatic carbocycles. The molecule has 0 unspecified atom stereocenters. The van der Waals surface area contributed by atoms with E-state index in [4.69, 9.17) is 17.3 Å². The molecule has 0 aliphatic rings. The molecule has 2 heterocycles.